The summed E-state index contributed by atoms with van der Waals surface area (Å²) < 4.78 is 10.5. The van der Waals surface area contributed by atoms with Gasteiger partial charge in [-0.05, 0) is 108 Å². The Balaban J connectivity index is 0.000000248. The fraction of sp³-hybridized carbons (Fsp3) is 0.424. The zero-order valence-electron chi connectivity index (χ0n) is 25.1. The van der Waals surface area contributed by atoms with Gasteiger partial charge in [-0.1, -0.05) is 0 Å². The van der Waals surface area contributed by atoms with Crippen LogP contribution in [0.5, 0.6) is 11.5 Å². The summed E-state index contributed by atoms with van der Waals surface area (Å²) in [6.45, 7) is 8.55. The number of nitrogens with zero attached hydrogens (tertiary/aromatic N) is 2. The van der Waals surface area contributed by atoms with Crippen LogP contribution in [0.3, 0.4) is 0 Å². The maximum Gasteiger partial charge on any atom is 0.514 e. The molecule has 0 bridgehead atoms. The Bertz CT molecular complexity index is 1320. The van der Waals surface area contributed by atoms with E-state index in [1.165, 1.54) is 25.0 Å². The molecule has 0 atom stereocenters. The van der Waals surface area contributed by atoms with Crippen LogP contribution in [0.15, 0.2) is 58.3 Å². The highest BCUT2D eigenvalue weighted by Crippen LogP contribution is 2.25. The minimum atomic E-state index is -0.781. The van der Waals surface area contributed by atoms with Gasteiger partial charge in [-0.15, -0.1) is 25.3 Å². The first-order valence-electron chi connectivity index (χ1n) is 14.6. The number of carbonyl (C=O) groups is 3. The van der Waals surface area contributed by atoms with Crippen LogP contribution in [0.4, 0.5) is 4.79 Å². The summed E-state index contributed by atoms with van der Waals surface area (Å²) in [6.07, 6.45) is 12.2. The Kier molecular flexibility index (Phi) is 13.1. The van der Waals surface area contributed by atoms with Gasteiger partial charge >= 0.3 is 6.16 Å². The van der Waals surface area contributed by atoms with Crippen LogP contribution in [0.2, 0.25) is 0 Å². The molecule has 2 amide bonds. The Morgan fingerprint density at radius 3 is 1.72 bits per heavy atom. The number of amides is 2. The fourth-order valence-corrected chi connectivity index (χ4v) is 4.98. The second-order valence-electron chi connectivity index (χ2n) is 11.5. The van der Waals surface area contributed by atoms with E-state index in [2.05, 4.69) is 25.3 Å². The molecule has 8 nitrogen and oxygen atoms in total. The highest BCUT2D eigenvalue weighted by molar-refractivity contribution is 7.80. The van der Waals surface area contributed by atoms with E-state index < -0.39 is 11.8 Å². The Hall–Kier alpha value is -3.37. The minimum absolute atomic E-state index is 0.0127. The Labute approximate surface area is 265 Å². The van der Waals surface area contributed by atoms with Crippen LogP contribution in [0, 0.1) is 0 Å². The lowest BCUT2D eigenvalue weighted by Gasteiger charge is -2.25. The predicted octanol–water partition coefficient (Wildman–Crippen LogP) is 7.02. The van der Waals surface area contributed by atoms with Crippen molar-refractivity contribution < 1.29 is 29.0 Å². The molecule has 4 rings (SSSR count). The van der Waals surface area contributed by atoms with Gasteiger partial charge in [0.25, 0.3) is 0 Å². The lowest BCUT2D eigenvalue weighted by atomic mass is 10.1. The molecule has 2 aromatic carbocycles. The van der Waals surface area contributed by atoms with Gasteiger partial charge in [0.2, 0.25) is 11.8 Å². The zero-order chi connectivity index (χ0) is 31.4. The molecular formula is C33H42N2O6S2. The van der Waals surface area contributed by atoms with Crippen LogP contribution >= 0.6 is 25.3 Å². The molecule has 1 N–H and O–H groups in total. The van der Waals surface area contributed by atoms with E-state index in [1.54, 1.807) is 69.3 Å². The van der Waals surface area contributed by atoms with Crippen LogP contribution < -0.4 is 4.74 Å². The summed E-state index contributed by atoms with van der Waals surface area (Å²) in [5.41, 5.74) is 0.581. The van der Waals surface area contributed by atoms with Crippen molar-refractivity contribution in [3.63, 3.8) is 0 Å². The number of ether oxygens (including phenoxy) is 2. The van der Waals surface area contributed by atoms with E-state index >= 15 is 0 Å². The van der Waals surface area contributed by atoms with Gasteiger partial charge in [-0.25, -0.2) is 4.79 Å². The summed E-state index contributed by atoms with van der Waals surface area (Å²) in [5.74, 6) is 0.469. The van der Waals surface area contributed by atoms with E-state index in [0.717, 1.165) is 56.8 Å². The number of phenolic OH excluding ortho intramolecular Hbond substituents is 1. The Morgan fingerprint density at radius 2 is 1.21 bits per heavy atom. The van der Waals surface area contributed by atoms with Gasteiger partial charge in [0.15, 0.2) is 0 Å². The van der Waals surface area contributed by atoms with Crippen molar-refractivity contribution in [1.82, 2.24) is 9.80 Å². The molecule has 0 unspecified atom stereocenters. The van der Waals surface area contributed by atoms with Gasteiger partial charge in [-0.2, -0.15) is 0 Å². The van der Waals surface area contributed by atoms with Crippen molar-refractivity contribution in [3.8, 4) is 11.5 Å². The maximum absolute atomic E-state index is 12.3. The first-order valence-corrected chi connectivity index (χ1v) is 15.5. The second-order valence-corrected chi connectivity index (χ2v) is 12.5. The summed E-state index contributed by atoms with van der Waals surface area (Å²) in [7, 11) is 0. The number of carbonyl (C=O) groups excluding carboxylic acids is 3. The first kappa shape index (κ1) is 34.1. The van der Waals surface area contributed by atoms with Gasteiger partial charge in [-0.3, -0.25) is 9.59 Å². The fourth-order valence-electron chi connectivity index (χ4n) is 4.56. The summed E-state index contributed by atoms with van der Waals surface area (Å²) in [5, 5.41) is 9.65. The number of piperidine rings is 2. The third kappa shape index (κ3) is 12.0. The lowest BCUT2D eigenvalue weighted by molar-refractivity contribution is -0.127. The summed E-state index contributed by atoms with van der Waals surface area (Å²) in [4.78, 5) is 41.2. The summed E-state index contributed by atoms with van der Waals surface area (Å²) >= 11 is 8.51. The molecule has 2 saturated heterocycles. The number of benzene rings is 2. The molecule has 0 aromatic heterocycles. The number of thiol groups is 2. The summed E-state index contributed by atoms with van der Waals surface area (Å²) in [6, 6.07) is 10.1. The van der Waals surface area contributed by atoms with Crippen LogP contribution in [-0.2, 0) is 14.3 Å². The molecule has 10 heteroatoms. The third-order valence-electron chi connectivity index (χ3n) is 6.73. The number of hydrogen-bond acceptors (Lipinski definition) is 8. The standard InChI is InChI=1S/C19H25NO4S.C14H17NO2S/c1-19(2,3)24-18(22)23-16-9-8-15(25)13-14(16)7-10-17(21)20-11-5-4-6-12-20;16-13-6-5-12(18)10-11(13)4-7-14(17)15-8-2-1-3-9-15/h7-10,13,25H,4-6,11-12H2,1-3H3;4-7,10,16,18H,1-3,8-9H2/b10-7+;7-4+. The number of hydrogen-bond donors (Lipinski definition) is 3. The number of phenols is 1. The second kappa shape index (κ2) is 16.5. The van der Waals surface area contributed by atoms with Crippen LogP contribution in [-0.4, -0.2) is 64.7 Å². The number of likely N-dealkylation sites (tertiary alicyclic amines) is 2. The van der Waals surface area contributed by atoms with E-state index in [0.29, 0.717) is 21.8 Å². The number of rotatable bonds is 5. The van der Waals surface area contributed by atoms with E-state index in [1.807, 2.05) is 9.80 Å². The molecule has 2 fully saturated rings. The normalized spacial score (nSPS) is 15.7. The van der Waals surface area contributed by atoms with Crippen molar-refractivity contribution in [2.24, 2.45) is 0 Å². The average molecular weight is 627 g/mol. The zero-order valence-corrected chi connectivity index (χ0v) is 26.9. The van der Waals surface area contributed by atoms with Crippen molar-refractivity contribution in [3.05, 3.63) is 59.7 Å². The Morgan fingerprint density at radius 1 is 0.744 bits per heavy atom. The van der Waals surface area contributed by atoms with E-state index in [4.69, 9.17) is 9.47 Å². The van der Waals surface area contributed by atoms with Gasteiger partial charge < -0.3 is 24.4 Å². The highest BCUT2D eigenvalue weighted by atomic mass is 32.1. The molecule has 0 saturated carbocycles. The van der Waals surface area contributed by atoms with Crippen molar-refractivity contribution in [2.75, 3.05) is 26.2 Å². The van der Waals surface area contributed by atoms with Crippen LogP contribution in [0.25, 0.3) is 12.2 Å². The van der Waals surface area contributed by atoms with E-state index in [9.17, 15) is 19.5 Å². The molecule has 2 heterocycles. The third-order valence-corrected chi connectivity index (χ3v) is 7.29. The predicted molar refractivity (Wildman–Crippen MR) is 175 cm³/mol. The average Bonchev–Trinajstić information content (AvgIpc) is 2.97. The van der Waals surface area contributed by atoms with Crippen molar-refractivity contribution in [1.29, 1.82) is 0 Å². The monoisotopic (exact) mass is 626 g/mol. The van der Waals surface area contributed by atoms with Crippen molar-refractivity contribution in [2.45, 2.75) is 74.7 Å². The van der Waals surface area contributed by atoms with E-state index in [-0.39, 0.29) is 17.6 Å². The molecular weight excluding hydrogens is 585 g/mol. The van der Waals surface area contributed by atoms with Crippen molar-refractivity contribution >= 4 is 55.4 Å². The minimum Gasteiger partial charge on any atom is -0.507 e. The first-order chi connectivity index (χ1) is 20.4. The van der Waals surface area contributed by atoms with Crippen LogP contribution in [0.1, 0.15) is 70.4 Å². The molecule has 232 valence electrons. The smallest absolute Gasteiger partial charge is 0.507 e. The van der Waals surface area contributed by atoms with Gasteiger partial charge in [0.05, 0.1) is 0 Å². The van der Waals surface area contributed by atoms with Gasteiger partial charge in [0, 0.05) is 59.2 Å². The quantitative estimate of drug-likeness (QED) is 0.143. The SMILES string of the molecule is CC(C)(C)OC(=O)Oc1ccc(S)cc1/C=C/C(=O)N1CCCCC1.O=C(/C=C/c1cc(S)ccc1O)N1CCCCC1. The maximum atomic E-state index is 12.3. The molecule has 0 radical (unpaired) electrons. The molecule has 0 spiro atoms. The van der Waals surface area contributed by atoms with Gasteiger partial charge in [0.1, 0.15) is 17.1 Å². The molecule has 2 aliphatic heterocycles. The lowest BCUT2D eigenvalue weighted by Crippen LogP contribution is -2.34. The molecule has 2 aromatic rings. The molecule has 0 aliphatic carbocycles. The molecule has 2 aliphatic rings. The molecule has 43 heavy (non-hydrogen) atoms. The number of aromatic hydroxyl groups is 1. The topological polar surface area (TPSA) is 96.4 Å². The highest BCUT2D eigenvalue weighted by Gasteiger charge is 2.19. The largest absolute Gasteiger partial charge is 0.514 e.